The molecule has 2 aromatic carbocycles. The number of benzene rings is 2. The zero-order valence-electron chi connectivity index (χ0n) is 18.8. The van der Waals surface area contributed by atoms with Gasteiger partial charge < -0.3 is 4.90 Å². The van der Waals surface area contributed by atoms with Gasteiger partial charge in [0.25, 0.3) is 0 Å². The number of aryl methyl sites for hydroxylation is 1. The molecular formula is C27H28N4. The molecule has 156 valence electrons. The molecule has 1 aliphatic rings. The third-order valence-electron chi connectivity index (χ3n) is 6.14. The molecule has 0 unspecified atom stereocenters. The van der Waals surface area contributed by atoms with Crippen molar-refractivity contribution < 1.29 is 0 Å². The summed E-state index contributed by atoms with van der Waals surface area (Å²) >= 11 is 0. The van der Waals surface area contributed by atoms with Crippen molar-refractivity contribution in [2.24, 2.45) is 0 Å². The van der Waals surface area contributed by atoms with Crippen molar-refractivity contribution in [3.63, 3.8) is 0 Å². The average molecular weight is 409 g/mol. The standard InChI is InChI=1S/C27H28N4/c1-6-21-24(18-13-15-19(16-14-18)27(2,3)4)31-23-12-9-17-28-26(23)30(5)22-11-8-7-10-20(22)25(31)29-21/h7-17H,6H2,1-5H3. The van der Waals surface area contributed by atoms with Gasteiger partial charge in [-0.15, -0.1) is 0 Å². The highest BCUT2D eigenvalue weighted by atomic mass is 15.2. The van der Waals surface area contributed by atoms with Crippen LogP contribution in [0.1, 0.15) is 39.0 Å². The minimum atomic E-state index is 0.124. The molecule has 0 radical (unpaired) electrons. The van der Waals surface area contributed by atoms with Crippen LogP contribution < -0.4 is 4.90 Å². The van der Waals surface area contributed by atoms with Gasteiger partial charge in [-0.25, -0.2) is 9.97 Å². The summed E-state index contributed by atoms with van der Waals surface area (Å²) in [5, 5.41) is 0. The molecule has 3 heterocycles. The third kappa shape index (κ3) is 3.05. The van der Waals surface area contributed by atoms with Crippen LogP contribution in [0.15, 0.2) is 66.9 Å². The van der Waals surface area contributed by atoms with Crippen molar-refractivity contribution in [2.75, 3.05) is 11.9 Å². The number of nitrogens with zero attached hydrogens (tertiary/aromatic N) is 4. The van der Waals surface area contributed by atoms with Gasteiger partial charge in [0.05, 0.1) is 22.8 Å². The van der Waals surface area contributed by atoms with Crippen molar-refractivity contribution in [2.45, 2.75) is 39.5 Å². The lowest BCUT2D eigenvalue weighted by Gasteiger charge is -2.21. The lowest BCUT2D eigenvalue weighted by molar-refractivity contribution is 0.590. The number of aromatic nitrogens is 3. The van der Waals surface area contributed by atoms with Gasteiger partial charge in [0.2, 0.25) is 0 Å². The first-order valence-corrected chi connectivity index (χ1v) is 10.9. The topological polar surface area (TPSA) is 34.0 Å². The number of imidazole rings is 1. The number of para-hydroxylation sites is 1. The van der Waals surface area contributed by atoms with Gasteiger partial charge in [-0.3, -0.25) is 4.57 Å². The lowest BCUT2D eigenvalue weighted by Crippen LogP contribution is -2.13. The zero-order valence-corrected chi connectivity index (χ0v) is 18.8. The first-order valence-electron chi connectivity index (χ1n) is 10.9. The van der Waals surface area contributed by atoms with Crippen LogP contribution in [-0.4, -0.2) is 21.6 Å². The fourth-order valence-corrected chi connectivity index (χ4v) is 4.44. The van der Waals surface area contributed by atoms with Gasteiger partial charge >= 0.3 is 0 Å². The third-order valence-corrected chi connectivity index (χ3v) is 6.14. The van der Waals surface area contributed by atoms with Crippen LogP contribution in [0.5, 0.6) is 0 Å². The van der Waals surface area contributed by atoms with E-state index < -0.39 is 0 Å². The number of anilines is 2. The molecule has 0 amide bonds. The SMILES string of the molecule is CCc1nc2n(c1-c1ccc(C(C)(C)C)cc1)-c1cccnc1N(C)c1ccccc1-2. The molecule has 0 spiro atoms. The summed E-state index contributed by atoms with van der Waals surface area (Å²) < 4.78 is 2.30. The summed E-state index contributed by atoms with van der Waals surface area (Å²) in [6.07, 6.45) is 2.72. The van der Waals surface area contributed by atoms with Gasteiger partial charge in [0.15, 0.2) is 5.82 Å². The number of hydrogen-bond donors (Lipinski definition) is 0. The average Bonchev–Trinajstić information content (AvgIpc) is 3.13. The smallest absolute Gasteiger partial charge is 0.157 e. The van der Waals surface area contributed by atoms with Crippen LogP contribution in [0.3, 0.4) is 0 Å². The Balaban J connectivity index is 1.84. The number of fused-ring (bicyclic) bond motifs is 5. The van der Waals surface area contributed by atoms with Crippen LogP contribution in [0.2, 0.25) is 0 Å². The Bertz CT molecular complexity index is 1260. The monoisotopic (exact) mass is 408 g/mol. The van der Waals surface area contributed by atoms with Crippen molar-refractivity contribution in [3.05, 3.63) is 78.1 Å². The van der Waals surface area contributed by atoms with E-state index in [1.54, 1.807) is 0 Å². The van der Waals surface area contributed by atoms with Crippen molar-refractivity contribution in [3.8, 4) is 28.3 Å². The van der Waals surface area contributed by atoms with Crippen molar-refractivity contribution in [1.82, 2.24) is 14.5 Å². The molecule has 2 aromatic heterocycles. The molecule has 0 atom stereocenters. The van der Waals surface area contributed by atoms with Gasteiger partial charge in [0.1, 0.15) is 5.82 Å². The molecule has 0 N–H and O–H groups in total. The van der Waals surface area contributed by atoms with Gasteiger partial charge in [-0.1, -0.05) is 64.1 Å². The summed E-state index contributed by atoms with van der Waals surface area (Å²) in [7, 11) is 2.08. The zero-order chi connectivity index (χ0) is 21.8. The Morgan fingerprint density at radius 3 is 2.29 bits per heavy atom. The maximum absolute atomic E-state index is 5.16. The summed E-state index contributed by atoms with van der Waals surface area (Å²) in [5.74, 6) is 1.90. The largest absolute Gasteiger partial charge is 0.327 e. The second-order valence-corrected chi connectivity index (χ2v) is 9.17. The molecule has 4 aromatic rings. The van der Waals surface area contributed by atoms with E-state index in [2.05, 4.69) is 98.8 Å². The first kappa shape index (κ1) is 19.6. The van der Waals surface area contributed by atoms with Crippen molar-refractivity contribution >= 4 is 11.5 Å². The highest BCUT2D eigenvalue weighted by Crippen LogP contribution is 2.44. The highest BCUT2D eigenvalue weighted by Gasteiger charge is 2.29. The van der Waals surface area contributed by atoms with Gasteiger partial charge in [-0.05, 0) is 41.7 Å². The second kappa shape index (κ2) is 7.09. The summed E-state index contributed by atoms with van der Waals surface area (Å²) in [6.45, 7) is 8.93. The fraction of sp³-hybridized carbons (Fsp3) is 0.259. The van der Waals surface area contributed by atoms with Crippen LogP contribution in [0, 0.1) is 0 Å². The van der Waals surface area contributed by atoms with Gasteiger partial charge in [0, 0.05) is 24.4 Å². The normalized spacial score (nSPS) is 12.7. The van der Waals surface area contributed by atoms with Gasteiger partial charge in [-0.2, -0.15) is 0 Å². The molecule has 4 nitrogen and oxygen atoms in total. The highest BCUT2D eigenvalue weighted by molar-refractivity contribution is 5.87. The molecule has 0 bridgehead atoms. The van der Waals surface area contributed by atoms with E-state index in [9.17, 15) is 0 Å². The molecule has 0 saturated heterocycles. The van der Waals surface area contributed by atoms with E-state index in [0.717, 1.165) is 46.4 Å². The minimum Gasteiger partial charge on any atom is -0.327 e. The van der Waals surface area contributed by atoms with E-state index in [1.807, 2.05) is 12.3 Å². The maximum Gasteiger partial charge on any atom is 0.157 e. The fourth-order valence-electron chi connectivity index (χ4n) is 4.44. The Hall–Kier alpha value is -3.40. The predicted molar refractivity (Wildman–Crippen MR) is 128 cm³/mol. The molecule has 4 heteroatoms. The lowest BCUT2D eigenvalue weighted by atomic mass is 9.86. The Labute approximate surface area is 184 Å². The Kier molecular flexibility index (Phi) is 4.47. The Morgan fingerprint density at radius 1 is 0.871 bits per heavy atom. The van der Waals surface area contributed by atoms with Crippen LogP contribution in [-0.2, 0) is 11.8 Å². The molecule has 0 fully saturated rings. The van der Waals surface area contributed by atoms with E-state index in [1.165, 1.54) is 11.1 Å². The molecule has 31 heavy (non-hydrogen) atoms. The molecule has 0 saturated carbocycles. The van der Waals surface area contributed by atoms with Crippen molar-refractivity contribution in [1.29, 1.82) is 0 Å². The molecule has 5 rings (SSSR count). The van der Waals surface area contributed by atoms with E-state index >= 15 is 0 Å². The van der Waals surface area contributed by atoms with Crippen LogP contribution in [0.4, 0.5) is 11.5 Å². The predicted octanol–water partition coefficient (Wildman–Crippen LogP) is 6.54. The molecule has 0 aliphatic carbocycles. The summed E-state index contributed by atoms with van der Waals surface area (Å²) in [4.78, 5) is 12.1. The number of hydrogen-bond acceptors (Lipinski definition) is 3. The number of pyridine rings is 1. The minimum absolute atomic E-state index is 0.124. The number of rotatable bonds is 2. The second-order valence-electron chi connectivity index (χ2n) is 9.17. The first-order chi connectivity index (χ1) is 14.9. The maximum atomic E-state index is 5.16. The summed E-state index contributed by atoms with van der Waals surface area (Å²) in [5.41, 5.74) is 8.18. The molecular weight excluding hydrogens is 380 g/mol. The van der Waals surface area contributed by atoms with Crippen LogP contribution in [0.25, 0.3) is 28.3 Å². The van der Waals surface area contributed by atoms with E-state index in [4.69, 9.17) is 9.97 Å². The van der Waals surface area contributed by atoms with E-state index in [0.29, 0.717) is 0 Å². The molecule has 1 aliphatic heterocycles. The van der Waals surface area contributed by atoms with E-state index in [-0.39, 0.29) is 5.41 Å². The Morgan fingerprint density at radius 2 is 1.58 bits per heavy atom. The summed E-state index contributed by atoms with van der Waals surface area (Å²) in [6, 6.07) is 21.6. The van der Waals surface area contributed by atoms with Crippen LogP contribution >= 0.6 is 0 Å². The quantitative estimate of drug-likeness (QED) is 0.377.